The molecular formula is C11H15N2O7P. The number of hydrogen-bond acceptors (Lipinski definition) is 7. The van der Waals surface area contributed by atoms with E-state index in [9.17, 15) is 24.7 Å². The molecule has 1 aromatic heterocycles. The Balaban J connectivity index is 2.41. The lowest BCUT2D eigenvalue weighted by atomic mass is 9.98. The van der Waals surface area contributed by atoms with Gasteiger partial charge in [-0.2, -0.15) is 4.89 Å². The maximum Gasteiger partial charge on any atom is 0.330 e. The van der Waals surface area contributed by atoms with Gasteiger partial charge >= 0.3 is 5.69 Å². The predicted molar refractivity (Wildman–Crippen MR) is 71.8 cm³/mol. The average Bonchev–Trinajstić information content (AvgIpc) is 2.69. The van der Waals surface area contributed by atoms with E-state index in [2.05, 4.69) is 4.98 Å². The molecule has 0 spiro atoms. The number of aliphatic hydroxyl groups excluding tert-OH is 1. The average molecular weight is 318 g/mol. The fourth-order valence-corrected chi connectivity index (χ4v) is 2.91. The molecule has 0 radical (unpaired) electrons. The maximum absolute atomic E-state index is 11.8. The summed E-state index contributed by atoms with van der Waals surface area (Å²) in [5.41, 5.74) is -2.84. The van der Waals surface area contributed by atoms with Crippen LogP contribution >= 0.6 is 8.00 Å². The van der Waals surface area contributed by atoms with Gasteiger partial charge in [0.15, 0.2) is 5.60 Å². The van der Waals surface area contributed by atoms with E-state index in [1.54, 1.807) is 0 Å². The van der Waals surface area contributed by atoms with Gasteiger partial charge in [-0.1, -0.05) is 0 Å². The molecule has 4 N–H and O–H groups in total. The van der Waals surface area contributed by atoms with Crippen LogP contribution in [-0.4, -0.2) is 48.8 Å². The second-order valence-corrected chi connectivity index (χ2v) is 5.73. The van der Waals surface area contributed by atoms with E-state index in [4.69, 9.17) is 9.63 Å². The Bertz CT molecular complexity index is 678. The number of aryl methyl sites for hydroxylation is 1. The van der Waals surface area contributed by atoms with Crippen LogP contribution in [0.1, 0.15) is 18.2 Å². The van der Waals surface area contributed by atoms with Crippen molar-refractivity contribution in [3.8, 4) is 0 Å². The van der Waals surface area contributed by atoms with Crippen LogP contribution in [0.5, 0.6) is 0 Å². The molecule has 0 amide bonds. The van der Waals surface area contributed by atoms with E-state index in [0.29, 0.717) is 0 Å². The largest absolute Gasteiger partial charge is 0.603 e. The molecule has 4 atom stereocenters. The van der Waals surface area contributed by atoms with Gasteiger partial charge in [-0.05, 0) is 6.92 Å². The normalized spacial score (nSPS) is 29.9. The molecule has 10 heteroatoms. The van der Waals surface area contributed by atoms with Gasteiger partial charge in [-0.15, -0.1) is 0 Å². The lowest BCUT2D eigenvalue weighted by Crippen LogP contribution is -2.42. The smallest absolute Gasteiger partial charge is 0.330 e. The van der Waals surface area contributed by atoms with Gasteiger partial charge < -0.3 is 19.8 Å². The molecular weight excluding hydrogens is 303 g/mol. The summed E-state index contributed by atoms with van der Waals surface area (Å²) in [7, 11) is -2.76. The number of aromatic nitrogens is 2. The number of hydrogen-bond donors (Lipinski definition) is 4. The molecule has 21 heavy (non-hydrogen) atoms. The predicted octanol–water partition coefficient (Wildman–Crippen LogP) is -2.68. The van der Waals surface area contributed by atoms with Crippen LogP contribution in [0.25, 0.3) is 0 Å². The Morgan fingerprint density at radius 3 is 2.90 bits per heavy atom. The summed E-state index contributed by atoms with van der Waals surface area (Å²) in [6, 6.07) is 0. The minimum Gasteiger partial charge on any atom is -0.603 e. The molecule has 2 rings (SSSR count). The molecule has 9 nitrogen and oxygen atoms in total. The Kier molecular flexibility index (Phi) is 4.43. The van der Waals surface area contributed by atoms with Crippen molar-refractivity contribution in [3.05, 3.63) is 32.6 Å². The first-order valence-corrected chi connectivity index (χ1v) is 7.37. The summed E-state index contributed by atoms with van der Waals surface area (Å²) in [5, 5.41) is 19.5. The van der Waals surface area contributed by atoms with Gasteiger partial charge in [0.1, 0.15) is 18.1 Å². The Hall–Kier alpha value is -1.35. The fourth-order valence-electron chi connectivity index (χ4n) is 2.26. The monoisotopic (exact) mass is 318 g/mol. The molecule has 1 fully saturated rings. The molecule has 1 aliphatic rings. The summed E-state index contributed by atoms with van der Waals surface area (Å²) in [4.78, 5) is 45.0. The molecule has 1 unspecified atom stereocenters. The van der Waals surface area contributed by atoms with Crippen LogP contribution in [-0.2, 0) is 4.74 Å². The lowest BCUT2D eigenvalue weighted by Gasteiger charge is -2.19. The first kappa shape index (κ1) is 16.0. The highest BCUT2D eigenvalue weighted by Crippen LogP contribution is 2.36. The Morgan fingerprint density at radius 2 is 2.33 bits per heavy atom. The molecule has 0 saturated carbocycles. The van der Waals surface area contributed by atoms with Crippen LogP contribution in [0.15, 0.2) is 15.8 Å². The molecule has 1 aromatic rings. The van der Waals surface area contributed by atoms with Crippen molar-refractivity contribution in [2.24, 2.45) is 0 Å². The number of nitrogens with zero attached hydrogens (tertiary/aromatic N) is 1. The van der Waals surface area contributed by atoms with Crippen molar-refractivity contribution in [3.63, 3.8) is 0 Å². The van der Waals surface area contributed by atoms with Crippen molar-refractivity contribution >= 4 is 13.8 Å². The van der Waals surface area contributed by atoms with E-state index < -0.39 is 43.8 Å². The lowest BCUT2D eigenvalue weighted by molar-refractivity contribution is -0.168. The van der Waals surface area contributed by atoms with Crippen LogP contribution in [0.2, 0.25) is 0 Å². The molecule has 0 bridgehead atoms. The van der Waals surface area contributed by atoms with Crippen LogP contribution in [0.4, 0.5) is 0 Å². The first-order chi connectivity index (χ1) is 9.76. The number of ether oxygens (including phenoxy) is 1. The topological polar surface area (TPSA) is 148 Å². The van der Waals surface area contributed by atoms with E-state index in [1.807, 2.05) is 0 Å². The third kappa shape index (κ3) is 3.13. The highest BCUT2D eigenvalue weighted by Gasteiger charge is 2.49. The zero-order valence-corrected chi connectivity index (χ0v) is 12.0. The fraction of sp³-hybridized carbons (Fsp3) is 0.545. The summed E-state index contributed by atoms with van der Waals surface area (Å²) in [5.74, 6) is 0.771. The molecule has 1 saturated heterocycles. The van der Waals surface area contributed by atoms with E-state index in [-0.39, 0.29) is 12.0 Å². The van der Waals surface area contributed by atoms with Crippen molar-refractivity contribution in [1.82, 2.24) is 9.55 Å². The van der Waals surface area contributed by atoms with Crippen molar-refractivity contribution in [2.45, 2.75) is 31.3 Å². The minimum absolute atomic E-state index is 0.203. The highest BCUT2D eigenvalue weighted by molar-refractivity contribution is 7.44. The van der Waals surface area contributed by atoms with Crippen LogP contribution < -0.4 is 16.1 Å². The second-order valence-electron chi connectivity index (χ2n) is 4.87. The molecule has 1 aliphatic heterocycles. The van der Waals surface area contributed by atoms with E-state index >= 15 is 0 Å². The van der Waals surface area contributed by atoms with Gasteiger partial charge in [0, 0.05) is 18.2 Å². The van der Waals surface area contributed by atoms with Crippen LogP contribution in [0, 0.1) is 6.92 Å². The number of rotatable bonds is 3. The molecule has 2 heterocycles. The van der Waals surface area contributed by atoms with Gasteiger partial charge in [-0.25, -0.2) is 4.79 Å². The van der Waals surface area contributed by atoms with Crippen molar-refractivity contribution < 1.29 is 24.7 Å². The summed E-state index contributed by atoms with van der Waals surface area (Å²) >= 11 is 0. The highest BCUT2D eigenvalue weighted by atomic mass is 31.1. The second kappa shape index (κ2) is 5.80. The number of aliphatic hydroxyl groups is 2. The van der Waals surface area contributed by atoms with Gasteiger partial charge in [0.2, 0.25) is 8.00 Å². The van der Waals surface area contributed by atoms with Crippen molar-refractivity contribution in [1.29, 1.82) is 0 Å². The minimum atomic E-state index is -2.76. The third-order valence-electron chi connectivity index (χ3n) is 3.34. The SMILES string of the molecule is Cc1cn([C@H]2C[C@](O)(/C=[P+](\[O-])O)[C@@H](CO)O2)c(=O)[nH]c1=O. The van der Waals surface area contributed by atoms with E-state index in [0.717, 1.165) is 10.4 Å². The zero-order valence-electron chi connectivity index (χ0n) is 11.1. The van der Waals surface area contributed by atoms with Gasteiger partial charge in [-0.3, -0.25) is 14.3 Å². The summed E-state index contributed by atoms with van der Waals surface area (Å²) in [6.07, 6.45) is -1.05. The standard InChI is InChI=1S/C11H15N2O7P/c1-6-3-13(10(16)12-9(6)15)8-2-11(17,5-21(18)19)7(4-14)20-8/h3,5,7-8,14,17H,2,4H2,1H3,(H,18,19)(H,12,15,16)/t7-,8-,11+/m1/s1. The number of aromatic amines is 1. The summed E-state index contributed by atoms with van der Waals surface area (Å²) < 4.78 is 6.42. The van der Waals surface area contributed by atoms with Gasteiger partial charge in [0.05, 0.1) is 6.61 Å². The first-order valence-electron chi connectivity index (χ1n) is 6.09. The zero-order chi connectivity index (χ0) is 15.8. The number of nitrogens with one attached hydrogen (secondary N) is 1. The van der Waals surface area contributed by atoms with Crippen molar-refractivity contribution in [2.75, 3.05) is 6.61 Å². The Morgan fingerprint density at radius 1 is 1.67 bits per heavy atom. The molecule has 0 aliphatic carbocycles. The van der Waals surface area contributed by atoms with Gasteiger partial charge in [0.25, 0.3) is 5.56 Å². The summed E-state index contributed by atoms with van der Waals surface area (Å²) in [6.45, 7) is 0.903. The van der Waals surface area contributed by atoms with Crippen LogP contribution in [0.3, 0.4) is 0 Å². The van der Waals surface area contributed by atoms with E-state index in [1.165, 1.54) is 13.1 Å². The number of H-pyrrole nitrogens is 1. The maximum atomic E-state index is 11.8. The molecule has 116 valence electrons. The quantitative estimate of drug-likeness (QED) is 0.444. The Labute approximate surface area is 119 Å². The third-order valence-corrected chi connectivity index (χ3v) is 4.00. The molecule has 0 aromatic carbocycles.